The minimum atomic E-state index is 0.247. The molecule has 1 N–H and O–H groups in total. The molecule has 3 heteroatoms. The number of anilines is 1. The van der Waals surface area contributed by atoms with Gasteiger partial charge in [0.1, 0.15) is 0 Å². The summed E-state index contributed by atoms with van der Waals surface area (Å²) in [6, 6.07) is 16.8. The Morgan fingerprint density at radius 1 is 1.10 bits per heavy atom. The molecule has 0 bridgehead atoms. The minimum Gasteiger partial charge on any atom is -0.378 e. The van der Waals surface area contributed by atoms with Gasteiger partial charge in [0, 0.05) is 10.2 Å². The van der Waals surface area contributed by atoms with E-state index in [0.717, 1.165) is 21.6 Å². The van der Waals surface area contributed by atoms with E-state index < -0.39 is 0 Å². The van der Waals surface area contributed by atoms with Gasteiger partial charge in [-0.15, -0.1) is 0 Å². The SMILES string of the molecule is CC(C)(C)CC(Nc1ccc(Cl)c(Br)c1)c1ccccc1. The molecule has 2 aromatic carbocycles. The van der Waals surface area contributed by atoms with E-state index in [4.69, 9.17) is 11.6 Å². The molecule has 2 rings (SSSR count). The lowest BCUT2D eigenvalue weighted by atomic mass is 9.85. The van der Waals surface area contributed by atoms with E-state index in [0.29, 0.717) is 0 Å². The summed E-state index contributed by atoms with van der Waals surface area (Å²) in [6.45, 7) is 6.80. The van der Waals surface area contributed by atoms with Crippen molar-refractivity contribution in [2.45, 2.75) is 33.2 Å². The molecule has 112 valence electrons. The van der Waals surface area contributed by atoms with Gasteiger partial charge < -0.3 is 5.32 Å². The van der Waals surface area contributed by atoms with Crippen LogP contribution in [0.5, 0.6) is 0 Å². The Hall–Kier alpha value is -0.990. The Labute approximate surface area is 140 Å². The summed E-state index contributed by atoms with van der Waals surface area (Å²) in [4.78, 5) is 0. The molecule has 1 atom stereocenters. The Bertz CT molecular complexity index is 590. The average Bonchev–Trinajstić information content (AvgIpc) is 2.42. The zero-order valence-corrected chi connectivity index (χ0v) is 15.0. The highest BCUT2D eigenvalue weighted by Crippen LogP contribution is 2.33. The van der Waals surface area contributed by atoms with Gasteiger partial charge in [-0.2, -0.15) is 0 Å². The lowest BCUT2D eigenvalue weighted by Gasteiger charge is -2.28. The molecule has 0 aromatic heterocycles. The van der Waals surface area contributed by atoms with Crippen LogP contribution in [0.25, 0.3) is 0 Å². The van der Waals surface area contributed by atoms with Crippen LogP contribution >= 0.6 is 27.5 Å². The van der Waals surface area contributed by atoms with Gasteiger partial charge >= 0.3 is 0 Å². The van der Waals surface area contributed by atoms with E-state index in [1.54, 1.807) is 0 Å². The molecule has 2 aromatic rings. The molecular formula is C18H21BrClN. The van der Waals surface area contributed by atoms with Crippen molar-refractivity contribution in [2.75, 3.05) is 5.32 Å². The van der Waals surface area contributed by atoms with E-state index in [-0.39, 0.29) is 11.5 Å². The first-order valence-electron chi connectivity index (χ1n) is 7.12. The van der Waals surface area contributed by atoms with E-state index in [1.165, 1.54) is 5.56 Å². The van der Waals surface area contributed by atoms with E-state index in [2.05, 4.69) is 72.3 Å². The Kier molecular flexibility index (Phi) is 5.34. The zero-order valence-electron chi connectivity index (χ0n) is 12.7. The molecule has 0 radical (unpaired) electrons. The second-order valence-electron chi connectivity index (χ2n) is 6.50. The van der Waals surface area contributed by atoms with Crippen molar-refractivity contribution in [3.05, 3.63) is 63.6 Å². The van der Waals surface area contributed by atoms with Gasteiger partial charge in [0.25, 0.3) is 0 Å². The van der Waals surface area contributed by atoms with Crippen LogP contribution in [-0.2, 0) is 0 Å². The third kappa shape index (κ3) is 5.05. The van der Waals surface area contributed by atoms with Gasteiger partial charge in [-0.25, -0.2) is 0 Å². The molecule has 1 nitrogen and oxygen atoms in total. The van der Waals surface area contributed by atoms with E-state index in [1.807, 2.05) is 18.2 Å². The number of rotatable bonds is 4. The monoisotopic (exact) mass is 365 g/mol. The smallest absolute Gasteiger partial charge is 0.0549 e. The van der Waals surface area contributed by atoms with Crippen molar-refractivity contribution in [3.8, 4) is 0 Å². The Balaban J connectivity index is 2.25. The van der Waals surface area contributed by atoms with Gasteiger partial charge in [-0.3, -0.25) is 0 Å². The topological polar surface area (TPSA) is 12.0 Å². The standard InChI is InChI=1S/C18H21BrClN/c1-18(2,3)12-17(13-7-5-4-6-8-13)21-14-9-10-16(20)15(19)11-14/h4-11,17,21H,12H2,1-3H3. The first-order chi connectivity index (χ1) is 9.85. The number of hydrogen-bond acceptors (Lipinski definition) is 1. The van der Waals surface area contributed by atoms with Crippen molar-refractivity contribution in [3.63, 3.8) is 0 Å². The van der Waals surface area contributed by atoms with Crippen molar-refractivity contribution in [1.29, 1.82) is 0 Å². The van der Waals surface area contributed by atoms with Crippen LogP contribution in [-0.4, -0.2) is 0 Å². The number of halogens is 2. The van der Waals surface area contributed by atoms with Crippen LogP contribution in [0.2, 0.25) is 5.02 Å². The van der Waals surface area contributed by atoms with Crippen LogP contribution in [0.4, 0.5) is 5.69 Å². The first kappa shape index (κ1) is 16.4. The van der Waals surface area contributed by atoms with E-state index >= 15 is 0 Å². The van der Waals surface area contributed by atoms with Crippen molar-refractivity contribution in [2.24, 2.45) is 5.41 Å². The van der Waals surface area contributed by atoms with Crippen molar-refractivity contribution in [1.82, 2.24) is 0 Å². The number of benzene rings is 2. The van der Waals surface area contributed by atoms with Gasteiger partial charge in [0.2, 0.25) is 0 Å². The van der Waals surface area contributed by atoms with Gasteiger partial charge in [-0.1, -0.05) is 62.7 Å². The lowest BCUT2D eigenvalue weighted by Crippen LogP contribution is -2.18. The molecule has 21 heavy (non-hydrogen) atoms. The van der Waals surface area contributed by atoms with Crippen molar-refractivity contribution < 1.29 is 0 Å². The predicted octanol–water partition coefficient (Wildman–Crippen LogP) is 6.69. The largest absolute Gasteiger partial charge is 0.378 e. The van der Waals surface area contributed by atoms with Crippen LogP contribution in [0.15, 0.2) is 53.0 Å². The molecule has 0 spiro atoms. The van der Waals surface area contributed by atoms with Crippen LogP contribution in [0.1, 0.15) is 38.8 Å². The summed E-state index contributed by atoms with van der Waals surface area (Å²) in [5, 5.41) is 4.36. The Morgan fingerprint density at radius 2 is 1.76 bits per heavy atom. The van der Waals surface area contributed by atoms with Crippen LogP contribution in [0, 0.1) is 5.41 Å². The predicted molar refractivity (Wildman–Crippen MR) is 96.0 cm³/mol. The minimum absolute atomic E-state index is 0.247. The first-order valence-corrected chi connectivity index (χ1v) is 8.29. The summed E-state index contributed by atoms with van der Waals surface area (Å²) < 4.78 is 0.914. The van der Waals surface area contributed by atoms with Crippen molar-refractivity contribution >= 4 is 33.2 Å². The summed E-state index contributed by atoms with van der Waals surface area (Å²) in [5.74, 6) is 0. The normalized spacial score (nSPS) is 13.0. The fourth-order valence-electron chi connectivity index (χ4n) is 2.34. The maximum atomic E-state index is 6.07. The molecule has 0 aliphatic heterocycles. The second kappa shape index (κ2) is 6.85. The maximum absolute atomic E-state index is 6.07. The highest BCUT2D eigenvalue weighted by Gasteiger charge is 2.20. The fourth-order valence-corrected chi connectivity index (χ4v) is 2.83. The molecule has 0 aliphatic rings. The Morgan fingerprint density at radius 3 is 2.33 bits per heavy atom. The zero-order chi connectivity index (χ0) is 15.5. The summed E-state index contributed by atoms with van der Waals surface area (Å²) in [5.41, 5.74) is 2.62. The molecule has 0 aliphatic carbocycles. The van der Waals surface area contributed by atoms with Crippen LogP contribution < -0.4 is 5.32 Å². The summed E-state index contributed by atoms with van der Waals surface area (Å²) in [7, 11) is 0. The van der Waals surface area contributed by atoms with Gasteiger partial charge in [-0.05, 0) is 51.5 Å². The summed E-state index contributed by atoms with van der Waals surface area (Å²) >= 11 is 9.55. The third-order valence-corrected chi connectivity index (χ3v) is 4.49. The quantitative estimate of drug-likeness (QED) is 0.635. The molecule has 0 fully saturated rings. The van der Waals surface area contributed by atoms with Crippen LogP contribution in [0.3, 0.4) is 0 Å². The molecule has 0 amide bonds. The number of nitrogens with one attached hydrogen (secondary N) is 1. The maximum Gasteiger partial charge on any atom is 0.0549 e. The third-order valence-electron chi connectivity index (χ3n) is 3.28. The average molecular weight is 367 g/mol. The highest BCUT2D eigenvalue weighted by molar-refractivity contribution is 9.10. The molecule has 1 unspecified atom stereocenters. The number of hydrogen-bond donors (Lipinski definition) is 1. The lowest BCUT2D eigenvalue weighted by molar-refractivity contribution is 0.352. The molecule has 0 heterocycles. The second-order valence-corrected chi connectivity index (χ2v) is 7.76. The highest BCUT2D eigenvalue weighted by atomic mass is 79.9. The fraction of sp³-hybridized carbons (Fsp3) is 0.333. The molecular weight excluding hydrogens is 346 g/mol. The van der Waals surface area contributed by atoms with Gasteiger partial charge in [0.15, 0.2) is 0 Å². The molecule has 0 saturated carbocycles. The molecule has 0 saturated heterocycles. The van der Waals surface area contributed by atoms with Gasteiger partial charge in [0.05, 0.1) is 11.1 Å². The van der Waals surface area contributed by atoms with E-state index in [9.17, 15) is 0 Å². The summed E-state index contributed by atoms with van der Waals surface area (Å²) in [6.07, 6.45) is 1.05.